The number of nitrogens with one attached hydrogen (secondary N) is 2. The Balaban J connectivity index is 1.91. The number of hydrogen-bond donors (Lipinski definition) is 2. The van der Waals surface area contributed by atoms with E-state index in [1.54, 1.807) is 18.2 Å². The van der Waals surface area contributed by atoms with Crippen molar-refractivity contribution in [3.05, 3.63) is 106 Å². The fourth-order valence-electron chi connectivity index (χ4n) is 4.15. The molecule has 0 spiro atoms. The van der Waals surface area contributed by atoms with Crippen LogP contribution in [0.25, 0.3) is 0 Å². The fourth-order valence-corrected chi connectivity index (χ4v) is 4.47. The molecule has 5 nitrogen and oxygen atoms in total. The largest absolute Gasteiger partial charge is 0.452 e. The molecular weight excluding hydrogens is 552 g/mol. The number of ketones is 1. The Bertz CT molecular complexity index is 1300. The lowest BCUT2D eigenvalue weighted by Crippen LogP contribution is -2.52. The van der Waals surface area contributed by atoms with Crippen LogP contribution in [0.5, 0.6) is 0 Å². The fraction of sp³-hybridized carbons (Fsp3) is 0.276. The van der Waals surface area contributed by atoms with Gasteiger partial charge in [0.05, 0.1) is 6.04 Å². The highest BCUT2D eigenvalue weighted by Gasteiger charge is 2.45. The smallest absolute Gasteiger partial charge is 0.344 e. The van der Waals surface area contributed by atoms with Crippen molar-refractivity contribution in [1.29, 1.82) is 0 Å². The second-order valence-corrected chi connectivity index (χ2v) is 10.2. The average molecular weight is 579 g/mol. The lowest BCUT2D eigenvalue weighted by molar-refractivity contribution is -0.175. The summed E-state index contributed by atoms with van der Waals surface area (Å²) >= 11 is 12.2. The lowest BCUT2D eigenvalue weighted by Gasteiger charge is -2.26. The van der Waals surface area contributed by atoms with Crippen LogP contribution in [0.2, 0.25) is 10.0 Å². The Morgan fingerprint density at radius 3 is 1.95 bits per heavy atom. The van der Waals surface area contributed by atoms with Crippen molar-refractivity contribution in [3.63, 3.8) is 0 Å². The van der Waals surface area contributed by atoms with E-state index >= 15 is 0 Å². The summed E-state index contributed by atoms with van der Waals surface area (Å²) in [7, 11) is 0. The first kappa shape index (κ1) is 30.2. The summed E-state index contributed by atoms with van der Waals surface area (Å²) in [6.45, 7) is 2.78. The Labute approximate surface area is 234 Å². The molecule has 206 valence electrons. The molecule has 3 rings (SSSR count). The molecular formula is C29H27Cl2F3N2O3. The van der Waals surface area contributed by atoms with E-state index in [4.69, 9.17) is 23.2 Å². The number of alkyl halides is 3. The Morgan fingerprint density at radius 2 is 1.38 bits per heavy atom. The molecule has 1 unspecified atom stereocenters. The molecule has 0 aliphatic carbocycles. The van der Waals surface area contributed by atoms with E-state index in [9.17, 15) is 27.6 Å². The molecule has 0 saturated carbocycles. The van der Waals surface area contributed by atoms with Crippen LogP contribution in [0.1, 0.15) is 48.9 Å². The Morgan fingerprint density at radius 1 is 0.769 bits per heavy atom. The number of carbonyl (C=O) groups is 3. The minimum absolute atomic E-state index is 0.0865. The zero-order chi connectivity index (χ0) is 28.7. The molecule has 0 aliphatic rings. The monoisotopic (exact) mass is 578 g/mol. The highest BCUT2D eigenvalue weighted by Crippen LogP contribution is 2.30. The minimum atomic E-state index is -5.14. The minimum Gasteiger partial charge on any atom is -0.344 e. The van der Waals surface area contributed by atoms with Gasteiger partial charge in [0.1, 0.15) is 6.04 Å². The lowest BCUT2D eigenvalue weighted by atomic mass is 9.88. The molecule has 0 radical (unpaired) electrons. The Hall–Kier alpha value is -3.36. The number of amides is 2. The van der Waals surface area contributed by atoms with Gasteiger partial charge in [-0.2, -0.15) is 13.2 Å². The van der Waals surface area contributed by atoms with E-state index in [1.807, 2.05) is 36.4 Å². The molecule has 3 atom stereocenters. The van der Waals surface area contributed by atoms with Gasteiger partial charge < -0.3 is 10.6 Å². The van der Waals surface area contributed by atoms with E-state index in [1.165, 1.54) is 38.1 Å². The molecule has 0 heterocycles. The van der Waals surface area contributed by atoms with Crippen LogP contribution in [0.3, 0.4) is 0 Å². The van der Waals surface area contributed by atoms with E-state index in [0.717, 1.165) is 11.1 Å². The molecule has 0 aromatic heterocycles. The van der Waals surface area contributed by atoms with Crippen LogP contribution in [0, 0.1) is 5.92 Å². The molecule has 0 aliphatic heterocycles. The zero-order valence-electron chi connectivity index (χ0n) is 21.1. The first-order valence-electron chi connectivity index (χ1n) is 12.1. The second kappa shape index (κ2) is 13.1. The van der Waals surface area contributed by atoms with E-state index < -0.39 is 47.7 Å². The number of benzene rings is 3. The van der Waals surface area contributed by atoms with Crippen molar-refractivity contribution >= 4 is 40.8 Å². The summed E-state index contributed by atoms with van der Waals surface area (Å²) in [5.74, 6) is -4.84. The summed E-state index contributed by atoms with van der Waals surface area (Å²) in [6.07, 6.45) is -5.22. The Kier molecular flexibility index (Phi) is 10.2. The van der Waals surface area contributed by atoms with Gasteiger partial charge in [0.2, 0.25) is 11.8 Å². The molecule has 10 heteroatoms. The van der Waals surface area contributed by atoms with Crippen molar-refractivity contribution in [2.24, 2.45) is 5.92 Å². The number of rotatable bonds is 10. The van der Waals surface area contributed by atoms with Crippen molar-refractivity contribution in [2.75, 3.05) is 0 Å². The van der Waals surface area contributed by atoms with Crippen LogP contribution >= 0.6 is 23.2 Å². The maximum atomic E-state index is 13.4. The van der Waals surface area contributed by atoms with Gasteiger partial charge in [0.15, 0.2) is 0 Å². The third-order valence-electron chi connectivity index (χ3n) is 6.14. The predicted octanol–water partition coefficient (Wildman–Crippen LogP) is 6.65. The van der Waals surface area contributed by atoms with Crippen molar-refractivity contribution in [1.82, 2.24) is 10.6 Å². The van der Waals surface area contributed by atoms with Crippen molar-refractivity contribution in [3.8, 4) is 0 Å². The molecule has 0 bridgehead atoms. The van der Waals surface area contributed by atoms with Crippen molar-refractivity contribution < 1.29 is 27.6 Å². The topological polar surface area (TPSA) is 75.3 Å². The molecule has 39 heavy (non-hydrogen) atoms. The van der Waals surface area contributed by atoms with Gasteiger partial charge in [-0.1, -0.05) is 91.6 Å². The maximum Gasteiger partial charge on any atom is 0.452 e. The zero-order valence-corrected chi connectivity index (χ0v) is 22.6. The molecule has 2 amide bonds. The normalized spacial score (nSPS) is 13.8. The van der Waals surface area contributed by atoms with Crippen LogP contribution < -0.4 is 10.6 Å². The van der Waals surface area contributed by atoms with E-state index in [0.29, 0.717) is 10.0 Å². The molecule has 0 saturated heterocycles. The predicted molar refractivity (Wildman–Crippen MR) is 145 cm³/mol. The van der Waals surface area contributed by atoms with E-state index in [2.05, 4.69) is 10.6 Å². The number of halogens is 5. The SMILES string of the molecule is CC(C)[C@H](NC(=O)[C@@H](NC(=O)CC(c1ccccc1)c1cccc(Cl)c1)c1ccc(Cl)cc1)C(=O)C(F)(F)F. The van der Waals surface area contributed by atoms with Gasteiger partial charge in [-0.15, -0.1) is 0 Å². The third-order valence-corrected chi connectivity index (χ3v) is 6.63. The highest BCUT2D eigenvalue weighted by molar-refractivity contribution is 6.30. The van der Waals surface area contributed by atoms with Gasteiger partial charge in [0.25, 0.3) is 5.78 Å². The maximum absolute atomic E-state index is 13.4. The first-order valence-corrected chi connectivity index (χ1v) is 12.9. The first-order chi connectivity index (χ1) is 18.4. The van der Waals surface area contributed by atoms with Crippen LogP contribution in [0.15, 0.2) is 78.9 Å². The van der Waals surface area contributed by atoms with Crippen LogP contribution in [-0.2, 0) is 14.4 Å². The van der Waals surface area contributed by atoms with Gasteiger partial charge in [-0.3, -0.25) is 14.4 Å². The quantitative estimate of drug-likeness (QED) is 0.283. The van der Waals surface area contributed by atoms with Gasteiger partial charge in [-0.25, -0.2) is 0 Å². The summed E-state index contributed by atoms with van der Waals surface area (Å²) in [6, 6.07) is 19.0. The summed E-state index contributed by atoms with van der Waals surface area (Å²) in [4.78, 5) is 38.6. The third kappa shape index (κ3) is 8.31. The number of hydrogen-bond acceptors (Lipinski definition) is 3. The molecule has 2 N–H and O–H groups in total. The van der Waals surface area contributed by atoms with Crippen LogP contribution in [0.4, 0.5) is 13.2 Å². The summed E-state index contributed by atoms with van der Waals surface area (Å²) in [5, 5.41) is 5.68. The van der Waals surface area contributed by atoms with Crippen molar-refractivity contribution in [2.45, 2.75) is 44.4 Å². The standard InChI is InChI=1S/C29H27Cl2F3N2O3/c1-17(2)25(27(38)29(32,33)34)36-28(39)26(19-11-13-21(30)14-12-19)35-24(37)16-23(18-7-4-3-5-8-18)20-9-6-10-22(31)15-20/h3-15,17,23,25-26H,16H2,1-2H3,(H,35,37)(H,36,39)/t23?,25-,26-/m0/s1. The van der Waals surface area contributed by atoms with Gasteiger partial charge >= 0.3 is 6.18 Å². The van der Waals surface area contributed by atoms with E-state index in [-0.39, 0.29) is 12.0 Å². The number of Topliss-reactive ketones (excluding diaryl/α,β-unsaturated/α-hetero) is 1. The number of carbonyl (C=O) groups excluding carboxylic acids is 3. The van der Waals surface area contributed by atoms with Crippen LogP contribution in [-0.4, -0.2) is 29.8 Å². The van der Waals surface area contributed by atoms with Gasteiger partial charge in [-0.05, 0) is 46.9 Å². The molecule has 0 fully saturated rings. The second-order valence-electron chi connectivity index (χ2n) is 9.37. The molecule has 3 aromatic carbocycles. The highest BCUT2D eigenvalue weighted by atomic mass is 35.5. The molecule has 3 aromatic rings. The summed E-state index contributed by atoms with van der Waals surface area (Å²) < 4.78 is 39.6. The van der Waals surface area contributed by atoms with Gasteiger partial charge in [0, 0.05) is 22.4 Å². The summed E-state index contributed by atoms with van der Waals surface area (Å²) in [5.41, 5.74) is 1.89. The average Bonchev–Trinajstić information content (AvgIpc) is 2.89.